The second-order valence-electron chi connectivity index (χ2n) is 6.39. The van der Waals surface area contributed by atoms with Crippen LogP contribution >= 0.6 is 0 Å². The van der Waals surface area contributed by atoms with Gasteiger partial charge < -0.3 is 20.2 Å². The van der Waals surface area contributed by atoms with Gasteiger partial charge in [-0.2, -0.15) is 0 Å². The van der Waals surface area contributed by atoms with Crippen LogP contribution < -0.4 is 10.2 Å². The molecule has 2 rings (SSSR count). The number of anilines is 1. The Morgan fingerprint density at radius 3 is 2.72 bits per heavy atom. The van der Waals surface area contributed by atoms with Crippen LogP contribution in [0, 0.1) is 5.92 Å². The Kier molecular flexibility index (Phi) is 7.50. The first-order valence-electron chi connectivity index (χ1n) is 9.00. The maximum atomic E-state index is 12.2. The smallest absolute Gasteiger partial charge is 0.317 e. The summed E-state index contributed by atoms with van der Waals surface area (Å²) in [5, 5.41) is 11.4. The van der Waals surface area contributed by atoms with Gasteiger partial charge in [-0.3, -0.25) is 4.79 Å². The van der Waals surface area contributed by atoms with Gasteiger partial charge in [-0.1, -0.05) is 6.07 Å². The number of nitrogens with one attached hydrogen (secondary N) is 1. The number of amides is 2. The molecule has 0 spiro atoms. The summed E-state index contributed by atoms with van der Waals surface area (Å²) >= 11 is 0. The fourth-order valence-corrected chi connectivity index (χ4v) is 3.10. The van der Waals surface area contributed by atoms with Crippen molar-refractivity contribution in [3.05, 3.63) is 24.4 Å². The van der Waals surface area contributed by atoms with Crippen LogP contribution in [-0.2, 0) is 4.79 Å². The Bertz CT molecular complexity index is 545. The largest absolute Gasteiger partial charge is 0.481 e. The Labute approximate surface area is 149 Å². The Morgan fingerprint density at radius 2 is 2.12 bits per heavy atom. The van der Waals surface area contributed by atoms with Crippen molar-refractivity contribution < 1.29 is 14.7 Å². The standard InChI is InChI=1S/C18H28N4O3/c1-2-21(18(25)20-11-5-7-17(23)24)14-15-8-12-22(13-9-15)16-6-3-4-10-19-16/h3-4,6,10,15H,2,5,7-9,11-14H2,1H3,(H,20,25)(H,23,24). The van der Waals surface area contributed by atoms with Crippen molar-refractivity contribution in [2.24, 2.45) is 5.92 Å². The Morgan fingerprint density at radius 1 is 1.36 bits per heavy atom. The number of aliphatic carboxylic acids is 1. The van der Waals surface area contributed by atoms with Gasteiger partial charge in [0.15, 0.2) is 0 Å². The molecule has 0 unspecified atom stereocenters. The van der Waals surface area contributed by atoms with Crippen LogP contribution in [-0.4, -0.2) is 59.7 Å². The summed E-state index contributed by atoms with van der Waals surface area (Å²) in [6, 6.07) is 5.86. The van der Waals surface area contributed by atoms with Crippen LogP contribution in [0.3, 0.4) is 0 Å². The minimum Gasteiger partial charge on any atom is -0.481 e. The van der Waals surface area contributed by atoms with Crippen LogP contribution in [0.25, 0.3) is 0 Å². The van der Waals surface area contributed by atoms with Crippen molar-refractivity contribution in [2.45, 2.75) is 32.6 Å². The third-order valence-electron chi connectivity index (χ3n) is 4.58. The van der Waals surface area contributed by atoms with Crippen molar-refractivity contribution in [2.75, 3.05) is 37.6 Å². The summed E-state index contributed by atoms with van der Waals surface area (Å²) in [4.78, 5) is 31.2. The molecule has 0 aromatic carbocycles. The second-order valence-corrected chi connectivity index (χ2v) is 6.39. The molecule has 1 aliphatic heterocycles. The lowest BCUT2D eigenvalue weighted by atomic mass is 9.96. The molecule has 1 fully saturated rings. The first-order chi connectivity index (χ1) is 12.1. The third kappa shape index (κ3) is 6.25. The predicted molar refractivity (Wildman–Crippen MR) is 96.7 cm³/mol. The number of carboxylic acid groups (broad SMARTS) is 1. The summed E-state index contributed by atoms with van der Waals surface area (Å²) in [7, 11) is 0. The molecule has 2 amide bonds. The third-order valence-corrected chi connectivity index (χ3v) is 4.58. The van der Waals surface area contributed by atoms with Crippen molar-refractivity contribution in [3.8, 4) is 0 Å². The van der Waals surface area contributed by atoms with Crippen LogP contribution in [0.15, 0.2) is 24.4 Å². The predicted octanol–water partition coefficient (Wildman–Crippen LogP) is 2.19. The van der Waals surface area contributed by atoms with E-state index < -0.39 is 5.97 Å². The van der Waals surface area contributed by atoms with Gasteiger partial charge >= 0.3 is 12.0 Å². The molecule has 1 saturated heterocycles. The van der Waals surface area contributed by atoms with Crippen LogP contribution in [0.2, 0.25) is 0 Å². The van der Waals surface area contributed by atoms with Crippen molar-refractivity contribution in [3.63, 3.8) is 0 Å². The van der Waals surface area contributed by atoms with Crippen LogP contribution in [0.4, 0.5) is 10.6 Å². The molecule has 0 saturated carbocycles. The van der Waals surface area contributed by atoms with E-state index in [0.29, 0.717) is 25.4 Å². The monoisotopic (exact) mass is 348 g/mol. The minimum atomic E-state index is -0.832. The van der Waals surface area contributed by atoms with Crippen LogP contribution in [0.1, 0.15) is 32.6 Å². The highest BCUT2D eigenvalue weighted by Gasteiger charge is 2.23. The zero-order valence-electron chi connectivity index (χ0n) is 14.9. The molecule has 0 atom stereocenters. The van der Waals surface area contributed by atoms with Gasteiger partial charge in [-0.05, 0) is 44.2 Å². The van der Waals surface area contributed by atoms with E-state index in [1.165, 1.54) is 0 Å². The maximum Gasteiger partial charge on any atom is 0.317 e. The molecule has 7 heteroatoms. The molecule has 0 aliphatic carbocycles. The first-order valence-corrected chi connectivity index (χ1v) is 9.00. The summed E-state index contributed by atoms with van der Waals surface area (Å²) < 4.78 is 0. The Balaban J connectivity index is 1.73. The highest BCUT2D eigenvalue weighted by Crippen LogP contribution is 2.22. The lowest BCUT2D eigenvalue weighted by molar-refractivity contribution is -0.137. The van der Waals surface area contributed by atoms with Gasteiger partial charge in [0.1, 0.15) is 5.82 Å². The first kappa shape index (κ1) is 19.0. The van der Waals surface area contributed by atoms with Crippen LogP contribution in [0.5, 0.6) is 0 Å². The van der Waals surface area contributed by atoms with E-state index in [2.05, 4.69) is 15.2 Å². The van der Waals surface area contributed by atoms with E-state index in [9.17, 15) is 9.59 Å². The van der Waals surface area contributed by atoms with Gasteiger partial charge in [0.2, 0.25) is 0 Å². The molecular formula is C18H28N4O3. The topological polar surface area (TPSA) is 85.8 Å². The van der Waals surface area contributed by atoms with Crippen molar-refractivity contribution in [1.82, 2.24) is 15.2 Å². The van der Waals surface area contributed by atoms with Gasteiger partial charge in [-0.15, -0.1) is 0 Å². The molecule has 1 aliphatic rings. The molecule has 7 nitrogen and oxygen atoms in total. The lowest BCUT2D eigenvalue weighted by Crippen LogP contribution is -2.45. The summed E-state index contributed by atoms with van der Waals surface area (Å²) in [5.74, 6) is 0.676. The number of rotatable bonds is 8. The number of nitrogens with zero attached hydrogens (tertiary/aromatic N) is 3. The number of aromatic nitrogens is 1. The van der Waals surface area contributed by atoms with Gasteiger partial charge in [0.05, 0.1) is 0 Å². The number of pyridine rings is 1. The van der Waals surface area contributed by atoms with Gasteiger partial charge in [-0.25, -0.2) is 9.78 Å². The zero-order chi connectivity index (χ0) is 18.1. The van der Waals surface area contributed by atoms with E-state index in [1.54, 1.807) is 0 Å². The SMILES string of the molecule is CCN(CC1CCN(c2ccccn2)CC1)C(=O)NCCCC(=O)O. The second kappa shape index (κ2) is 9.86. The van der Waals surface area contributed by atoms with E-state index in [1.807, 2.05) is 36.2 Å². The lowest BCUT2D eigenvalue weighted by Gasteiger charge is -2.35. The number of piperidine rings is 1. The van der Waals surface area contributed by atoms with Crippen molar-refractivity contribution in [1.29, 1.82) is 0 Å². The fourth-order valence-electron chi connectivity index (χ4n) is 3.10. The highest BCUT2D eigenvalue weighted by atomic mass is 16.4. The quantitative estimate of drug-likeness (QED) is 0.704. The molecule has 1 aromatic rings. The number of carbonyl (C=O) groups is 2. The normalized spacial score (nSPS) is 15.0. The van der Waals surface area contributed by atoms with E-state index in [4.69, 9.17) is 5.11 Å². The fraction of sp³-hybridized carbons (Fsp3) is 0.611. The highest BCUT2D eigenvalue weighted by molar-refractivity contribution is 5.74. The molecular weight excluding hydrogens is 320 g/mol. The molecule has 1 aromatic heterocycles. The Hall–Kier alpha value is -2.31. The number of carbonyl (C=O) groups excluding carboxylic acids is 1. The molecule has 25 heavy (non-hydrogen) atoms. The summed E-state index contributed by atoms with van der Waals surface area (Å²) in [6.45, 7) is 5.70. The average Bonchev–Trinajstić information content (AvgIpc) is 2.64. The number of hydrogen-bond acceptors (Lipinski definition) is 4. The maximum absolute atomic E-state index is 12.2. The minimum absolute atomic E-state index is 0.0817. The number of hydrogen-bond donors (Lipinski definition) is 2. The van der Waals surface area contributed by atoms with E-state index in [-0.39, 0.29) is 12.5 Å². The molecule has 138 valence electrons. The zero-order valence-corrected chi connectivity index (χ0v) is 14.9. The number of urea groups is 1. The van der Waals surface area contributed by atoms with Crippen molar-refractivity contribution >= 4 is 17.8 Å². The van der Waals surface area contributed by atoms with E-state index in [0.717, 1.165) is 38.3 Å². The average molecular weight is 348 g/mol. The van der Waals surface area contributed by atoms with E-state index >= 15 is 0 Å². The number of carboxylic acids is 1. The molecule has 0 radical (unpaired) electrons. The summed E-state index contributed by atoms with van der Waals surface area (Å²) in [6.07, 6.45) is 4.44. The van der Waals surface area contributed by atoms with Gasteiger partial charge in [0.25, 0.3) is 0 Å². The van der Waals surface area contributed by atoms with Gasteiger partial charge in [0, 0.05) is 45.3 Å². The molecule has 2 N–H and O–H groups in total. The molecule has 0 bridgehead atoms. The summed E-state index contributed by atoms with van der Waals surface area (Å²) in [5.41, 5.74) is 0. The molecule has 2 heterocycles.